The fraction of sp³-hybridized carbons (Fsp3) is 0.273. The molecule has 8 heteroatoms. The Morgan fingerprint density at radius 3 is 2.89 bits per heavy atom. The summed E-state index contributed by atoms with van der Waals surface area (Å²) in [4.78, 5) is 22.1. The summed E-state index contributed by atoms with van der Waals surface area (Å²) in [5.74, 6) is -0.500. The number of hydrogen-bond acceptors (Lipinski definition) is 5. The van der Waals surface area contributed by atoms with Crippen molar-refractivity contribution in [3.05, 3.63) is 35.5 Å². The van der Waals surface area contributed by atoms with Crippen molar-refractivity contribution in [1.29, 1.82) is 0 Å². The highest BCUT2D eigenvalue weighted by Crippen LogP contribution is 2.06. The van der Waals surface area contributed by atoms with Gasteiger partial charge in [0.25, 0.3) is 5.91 Å². The van der Waals surface area contributed by atoms with Gasteiger partial charge >= 0.3 is 5.97 Å². The van der Waals surface area contributed by atoms with Gasteiger partial charge in [-0.3, -0.25) is 9.59 Å². The maximum Gasteiger partial charge on any atom is 0.325 e. The summed E-state index contributed by atoms with van der Waals surface area (Å²) in [6, 6.07) is 3.27. The number of aromatic nitrogens is 3. The van der Waals surface area contributed by atoms with Gasteiger partial charge in [-0.15, -0.1) is 5.10 Å². The van der Waals surface area contributed by atoms with Gasteiger partial charge in [-0.25, -0.2) is 4.68 Å². The van der Waals surface area contributed by atoms with E-state index in [0.29, 0.717) is 11.5 Å². The van der Waals surface area contributed by atoms with Gasteiger partial charge in [-0.05, 0) is 19.1 Å². The van der Waals surface area contributed by atoms with Crippen LogP contribution < -0.4 is 5.32 Å². The molecule has 1 amide bonds. The Kier molecular flexibility index (Phi) is 3.60. The number of carbonyl (C=O) groups excluding carboxylic acids is 1. The normalized spacial score (nSPS) is 10.4. The zero-order valence-corrected chi connectivity index (χ0v) is 10.2. The van der Waals surface area contributed by atoms with Crippen LogP contribution in [0.1, 0.15) is 22.0 Å². The fourth-order valence-electron chi connectivity index (χ4n) is 1.45. The molecule has 0 aliphatic rings. The van der Waals surface area contributed by atoms with E-state index in [1.165, 1.54) is 10.9 Å². The number of carboxylic acid groups (broad SMARTS) is 1. The first-order valence-corrected chi connectivity index (χ1v) is 5.50. The van der Waals surface area contributed by atoms with Crippen molar-refractivity contribution in [2.45, 2.75) is 20.0 Å². The highest BCUT2D eigenvalue weighted by Gasteiger charge is 2.10. The molecule has 0 saturated heterocycles. The van der Waals surface area contributed by atoms with E-state index in [9.17, 15) is 9.59 Å². The molecule has 100 valence electrons. The maximum absolute atomic E-state index is 11.7. The van der Waals surface area contributed by atoms with Gasteiger partial charge in [0.1, 0.15) is 18.0 Å². The lowest BCUT2D eigenvalue weighted by Gasteiger charge is -1.99. The molecule has 8 nitrogen and oxygen atoms in total. The maximum atomic E-state index is 11.7. The minimum atomic E-state index is -1.01. The molecule has 2 rings (SSSR count). The van der Waals surface area contributed by atoms with Crippen LogP contribution in [-0.2, 0) is 17.9 Å². The average molecular weight is 264 g/mol. The van der Waals surface area contributed by atoms with Crippen LogP contribution in [0.2, 0.25) is 0 Å². The number of carbonyl (C=O) groups is 2. The van der Waals surface area contributed by atoms with Crippen molar-refractivity contribution in [3.63, 3.8) is 0 Å². The lowest BCUT2D eigenvalue weighted by molar-refractivity contribution is -0.137. The molecular weight excluding hydrogens is 252 g/mol. The second-order valence-corrected chi connectivity index (χ2v) is 3.89. The van der Waals surface area contributed by atoms with E-state index in [2.05, 4.69) is 15.6 Å². The zero-order chi connectivity index (χ0) is 13.8. The standard InChI is InChI=1S/C11H12N4O4/c1-7-2-3-9(19-7)11(18)12-4-8-5-15(14-13-8)6-10(16)17/h2-3,5H,4,6H2,1H3,(H,12,18)(H,16,17). The third-order valence-corrected chi connectivity index (χ3v) is 2.28. The van der Waals surface area contributed by atoms with Crippen LogP contribution in [0.15, 0.2) is 22.7 Å². The molecular formula is C11H12N4O4. The molecule has 0 radical (unpaired) electrons. The number of furan rings is 1. The molecule has 0 spiro atoms. The van der Waals surface area contributed by atoms with Crippen LogP contribution in [0.25, 0.3) is 0 Å². The lowest BCUT2D eigenvalue weighted by Crippen LogP contribution is -2.22. The molecule has 0 atom stereocenters. The van der Waals surface area contributed by atoms with Crippen molar-refractivity contribution in [1.82, 2.24) is 20.3 Å². The largest absolute Gasteiger partial charge is 0.480 e. The monoisotopic (exact) mass is 264 g/mol. The molecule has 0 unspecified atom stereocenters. The number of hydrogen-bond donors (Lipinski definition) is 2. The van der Waals surface area contributed by atoms with Gasteiger partial charge in [0.05, 0.1) is 12.7 Å². The smallest absolute Gasteiger partial charge is 0.325 e. The Morgan fingerprint density at radius 2 is 2.26 bits per heavy atom. The number of carboxylic acids is 1. The summed E-state index contributed by atoms with van der Waals surface area (Å²) >= 11 is 0. The Labute approximate surface area is 108 Å². The Balaban J connectivity index is 1.90. The van der Waals surface area contributed by atoms with Crippen molar-refractivity contribution >= 4 is 11.9 Å². The summed E-state index contributed by atoms with van der Waals surface area (Å²) in [5, 5.41) is 18.5. The van der Waals surface area contributed by atoms with Gasteiger partial charge in [-0.1, -0.05) is 5.21 Å². The SMILES string of the molecule is Cc1ccc(C(=O)NCc2cn(CC(=O)O)nn2)o1. The van der Waals surface area contributed by atoms with E-state index in [1.807, 2.05) is 0 Å². The molecule has 2 aromatic rings. The average Bonchev–Trinajstić information content (AvgIpc) is 2.94. The van der Waals surface area contributed by atoms with E-state index in [-0.39, 0.29) is 24.8 Å². The summed E-state index contributed by atoms with van der Waals surface area (Å²) in [7, 11) is 0. The van der Waals surface area contributed by atoms with E-state index in [4.69, 9.17) is 9.52 Å². The van der Waals surface area contributed by atoms with E-state index < -0.39 is 5.97 Å². The van der Waals surface area contributed by atoms with E-state index >= 15 is 0 Å². The molecule has 2 aromatic heterocycles. The van der Waals surface area contributed by atoms with Crippen molar-refractivity contribution in [2.75, 3.05) is 0 Å². The topological polar surface area (TPSA) is 110 Å². The van der Waals surface area contributed by atoms with E-state index in [1.54, 1.807) is 19.1 Å². The second-order valence-electron chi connectivity index (χ2n) is 3.89. The Bertz CT molecular complexity index is 601. The van der Waals surface area contributed by atoms with Crippen LogP contribution in [0.5, 0.6) is 0 Å². The Morgan fingerprint density at radius 1 is 1.47 bits per heavy atom. The van der Waals surface area contributed by atoms with Crippen molar-refractivity contribution < 1.29 is 19.1 Å². The van der Waals surface area contributed by atoms with Crippen LogP contribution in [0, 0.1) is 6.92 Å². The number of aliphatic carboxylic acids is 1. The fourth-order valence-corrected chi connectivity index (χ4v) is 1.45. The first-order valence-electron chi connectivity index (χ1n) is 5.50. The first kappa shape index (κ1) is 12.8. The minimum Gasteiger partial charge on any atom is -0.480 e. The van der Waals surface area contributed by atoms with E-state index in [0.717, 1.165) is 0 Å². The van der Waals surface area contributed by atoms with Crippen molar-refractivity contribution in [3.8, 4) is 0 Å². The molecule has 0 saturated carbocycles. The molecule has 19 heavy (non-hydrogen) atoms. The number of aryl methyl sites for hydroxylation is 1. The first-order chi connectivity index (χ1) is 9.04. The lowest BCUT2D eigenvalue weighted by atomic mass is 10.4. The molecule has 2 heterocycles. The number of nitrogens with zero attached hydrogens (tertiary/aromatic N) is 3. The number of rotatable bonds is 5. The summed E-state index contributed by atoms with van der Waals surface area (Å²) in [6.45, 7) is 1.63. The predicted octanol–water partition coefficient (Wildman–Crippen LogP) is 0.194. The minimum absolute atomic E-state index is 0.151. The quantitative estimate of drug-likeness (QED) is 0.797. The predicted molar refractivity (Wildman–Crippen MR) is 62.3 cm³/mol. The van der Waals surface area contributed by atoms with Gasteiger partial charge in [0, 0.05) is 0 Å². The molecule has 0 aliphatic carbocycles. The summed E-state index contributed by atoms with van der Waals surface area (Å²) in [5.41, 5.74) is 0.470. The molecule has 0 bridgehead atoms. The van der Waals surface area contributed by atoms with Gasteiger partial charge < -0.3 is 14.8 Å². The summed E-state index contributed by atoms with van der Waals surface area (Å²) < 4.78 is 6.34. The molecule has 0 fully saturated rings. The van der Waals surface area contributed by atoms with Crippen LogP contribution in [-0.4, -0.2) is 32.0 Å². The summed E-state index contributed by atoms with van der Waals surface area (Å²) in [6.07, 6.45) is 1.46. The van der Waals surface area contributed by atoms with Gasteiger partial charge in [0.2, 0.25) is 0 Å². The highest BCUT2D eigenvalue weighted by molar-refractivity contribution is 5.91. The Hall–Kier alpha value is -2.64. The number of amides is 1. The van der Waals surface area contributed by atoms with Crippen LogP contribution in [0.4, 0.5) is 0 Å². The third-order valence-electron chi connectivity index (χ3n) is 2.28. The highest BCUT2D eigenvalue weighted by atomic mass is 16.4. The molecule has 0 aliphatic heterocycles. The van der Waals surface area contributed by atoms with Gasteiger partial charge in [-0.2, -0.15) is 0 Å². The van der Waals surface area contributed by atoms with Crippen molar-refractivity contribution in [2.24, 2.45) is 0 Å². The number of nitrogens with one attached hydrogen (secondary N) is 1. The molecule has 2 N–H and O–H groups in total. The molecule has 0 aromatic carbocycles. The van der Waals surface area contributed by atoms with Crippen LogP contribution >= 0.6 is 0 Å². The van der Waals surface area contributed by atoms with Gasteiger partial charge in [0.15, 0.2) is 5.76 Å². The van der Waals surface area contributed by atoms with Crippen LogP contribution in [0.3, 0.4) is 0 Å². The third kappa shape index (κ3) is 3.41. The zero-order valence-electron chi connectivity index (χ0n) is 10.2. The second kappa shape index (κ2) is 5.34.